The molecule has 1 N–H and O–H groups in total. The van der Waals surface area contributed by atoms with Gasteiger partial charge in [0, 0.05) is 21.6 Å². The molecule has 3 rings (SSSR count). The van der Waals surface area contributed by atoms with Gasteiger partial charge in [-0.25, -0.2) is 4.79 Å². The van der Waals surface area contributed by atoms with Gasteiger partial charge >= 0.3 is 5.76 Å². The third-order valence-electron chi connectivity index (χ3n) is 3.38. The average molecular weight is 413 g/mol. The largest absolute Gasteiger partial charge is 0.419 e. The molecule has 0 aliphatic heterocycles. The van der Waals surface area contributed by atoms with Gasteiger partial charge in [0.05, 0.1) is 5.52 Å². The summed E-state index contributed by atoms with van der Waals surface area (Å²) < 4.78 is 8.28. The van der Waals surface area contributed by atoms with Gasteiger partial charge < -0.3 is 9.52 Å². The Balaban J connectivity index is 2.11. The smallest absolute Gasteiger partial charge is 0.408 e. The predicted molar refractivity (Wildman–Crippen MR) is 87.4 cm³/mol. The second-order valence-electron chi connectivity index (χ2n) is 4.72. The third kappa shape index (κ3) is 2.59. The summed E-state index contributed by atoms with van der Waals surface area (Å²) in [4.78, 5) is 11.5. The van der Waals surface area contributed by atoms with Crippen LogP contribution in [0.1, 0.15) is 17.2 Å². The fourth-order valence-corrected chi connectivity index (χ4v) is 3.07. The van der Waals surface area contributed by atoms with Crippen LogP contribution < -0.4 is 5.76 Å². The number of aliphatic hydroxyl groups is 1. The molecule has 21 heavy (non-hydrogen) atoms. The minimum absolute atomic E-state index is 0.416. The summed E-state index contributed by atoms with van der Waals surface area (Å²) in [7, 11) is 1.65. The number of hydrogen-bond donors (Lipinski definition) is 1. The van der Waals surface area contributed by atoms with Gasteiger partial charge in [0.1, 0.15) is 6.10 Å². The second-order valence-corrected chi connectivity index (χ2v) is 6.49. The van der Waals surface area contributed by atoms with Crippen molar-refractivity contribution in [3.05, 3.63) is 67.0 Å². The van der Waals surface area contributed by atoms with Gasteiger partial charge in [-0.3, -0.25) is 4.57 Å². The van der Waals surface area contributed by atoms with E-state index < -0.39 is 11.9 Å². The normalized spacial score (nSPS) is 12.8. The van der Waals surface area contributed by atoms with E-state index in [1.807, 2.05) is 18.2 Å². The molecule has 4 nitrogen and oxygen atoms in total. The van der Waals surface area contributed by atoms with Crippen molar-refractivity contribution in [2.45, 2.75) is 6.10 Å². The number of benzene rings is 2. The quantitative estimate of drug-likeness (QED) is 0.697. The molecule has 0 radical (unpaired) electrons. The molecule has 1 heterocycles. The summed E-state index contributed by atoms with van der Waals surface area (Å²) in [5.74, 6) is -0.416. The van der Waals surface area contributed by atoms with Crippen LogP contribution in [0.15, 0.2) is 54.6 Å². The fraction of sp³-hybridized carbons (Fsp3) is 0.133. The van der Waals surface area contributed by atoms with E-state index in [2.05, 4.69) is 31.9 Å². The maximum Gasteiger partial charge on any atom is 0.419 e. The molecule has 0 amide bonds. The van der Waals surface area contributed by atoms with Crippen molar-refractivity contribution >= 4 is 43.0 Å². The number of halogens is 2. The third-order valence-corrected chi connectivity index (χ3v) is 4.60. The molecule has 2 aromatic carbocycles. The highest BCUT2D eigenvalue weighted by atomic mass is 79.9. The lowest BCUT2D eigenvalue weighted by Crippen LogP contribution is -2.08. The Hall–Kier alpha value is -1.37. The predicted octanol–water partition coefficient (Wildman–Crippen LogP) is 3.74. The van der Waals surface area contributed by atoms with Gasteiger partial charge in [-0.05, 0) is 35.9 Å². The van der Waals surface area contributed by atoms with E-state index in [1.54, 1.807) is 25.2 Å². The molecule has 0 saturated heterocycles. The molecule has 0 saturated carbocycles. The average Bonchev–Trinajstić information content (AvgIpc) is 2.75. The van der Waals surface area contributed by atoms with E-state index in [4.69, 9.17) is 4.42 Å². The molecule has 1 atom stereocenters. The van der Waals surface area contributed by atoms with Crippen molar-refractivity contribution < 1.29 is 9.52 Å². The Bertz CT molecular complexity index is 882. The van der Waals surface area contributed by atoms with Crippen molar-refractivity contribution in [1.29, 1.82) is 0 Å². The van der Waals surface area contributed by atoms with Gasteiger partial charge in [0.15, 0.2) is 5.58 Å². The molecule has 6 heteroatoms. The number of rotatable bonds is 2. The molecule has 1 aromatic heterocycles. The molecule has 1 unspecified atom stereocenters. The van der Waals surface area contributed by atoms with E-state index in [0.29, 0.717) is 16.7 Å². The zero-order valence-corrected chi connectivity index (χ0v) is 14.2. The highest BCUT2D eigenvalue weighted by Gasteiger charge is 2.16. The Morgan fingerprint density at radius 2 is 1.95 bits per heavy atom. The Kier molecular flexibility index (Phi) is 3.77. The second kappa shape index (κ2) is 5.44. The molecule has 3 aromatic rings. The van der Waals surface area contributed by atoms with E-state index in [0.717, 1.165) is 14.5 Å². The van der Waals surface area contributed by atoms with Crippen LogP contribution in [0.4, 0.5) is 0 Å². The SMILES string of the molecule is Cn1c(=O)oc2cc(C(O)c3cc(Br)ccc3Br)ccc21. The first-order valence-corrected chi connectivity index (χ1v) is 7.78. The fourth-order valence-electron chi connectivity index (χ4n) is 2.22. The molecule has 108 valence electrons. The van der Waals surface area contributed by atoms with Crippen molar-refractivity contribution in [1.82, 2.24) is 4.57 Å². The van der Waals surface area contributed by atoms with Crippen LogP contribution in [0, 0.1) is 0 Å². The first kappa shape index (κ1) is 14.6. The van der Waals surface area contributed by atoms with Crippen LogP contribution in [0.3, 0.4) is 0 Å². The standard InChI is InChI=1S/C15H11Br2NO3/c1-18-12-5-2-8(6-13(12)21-15(18)20)14(19)10-7-9(16)3-4-11(10)17/h2-7,14,19H,1H3. The molecule has 0 aliphatic rings. The number of hydrogen-bond acceptors (Lipinski definition) is 3. The van der Waals surface area contributed by atoms with E-state index in [9.17, 15) is 9.90 Å². The number of aryl methyl sites for hydroxylation is 1. The zero-order valence-electron chi connectivity index (χ0n) is 11.0. The summed E-state index contributed by atoms with van der Waals surface area (Å²) in [5.41, 5.74) is 2.56. The topological polar surface area (TPSA) is 55.4 Å². The molecule has 0 bridgehead atoms. The van der Waals surface area contributed by atoms with Crippen LogP contribution in [-0.2, 0) is 7.05 Å². The van der Waals surface area contributed by atoms with Gasteiger partial charge in [-0.1, -0.05) is 37.9 Å². The lowest BCUT2D eigenvalue weighted by molar-refractivity contribution is 0.219. The Morgan fingerprint density at radius 3 is 2.71 bits per heavy atom. The van der Waals surface area contributed by atoms with Crippen molar-refractivity contribution in [3.63, 3.8) is 0 Å². The van der Waals surface area contributed by atoms with Crippen LogP contribution in [-0.4, -0.2) is 9.67 Å². The summed E-state index contributed by atoms with van der Waals surface area (Å²) in [6.07, 6.45) is -0.813. The van der Waals surface area contributed by atoms with Gasteiger partial charge in [0.25, 0.3) is 0 Å². The number of fused-ring (bicyclic) bond motifs is 1. The van der Waals surface area contributed by atoms with Crippen LogP contribution >= 0.6 is 31.9 Å². The number of aliphatic hydroxyl groups excluding tert-OH is 1. The lowest BCUT2D eigenvalue weighted by Gasteiger charge is -2.13. The van der Waals surface area contributed by atoms with Gasteiger partial charge in [-0.15, -0.1) is 0 Å². The minimum Gasteiger partial charge on any atom is -0.408 e. The van der Waals surface area contributed by atoms with E-state index >= 15 is 0 Å². The summed E-state index contributed by atoms with van der Waals surface area (Å²) in [6.45, 7) is 0. The zero-order chi connectivity index (χ0) is 15.1. The van der Waals surface area contributed by atoms with Crippen molar-refractivity contribution in [2.24, 2.45) is 7.05 Å². The molecule has 0 fully saturated rings. The maximum absolute atomic E-state index is 11.5. The summed E-state index contributed by atoms with van der Waals surface area (Å²) in [6, 6.07) is 10.8. The summed E-state index contributed by atoms with van der Waals surface area (Å²) in [5, 5.41) is 10.6. The van der Waals surface area contributed by atoms with Crippen LogP contribution in [0.2, 0.25) is 0 Å². The minimum atomic E-state index is -0.813. The number of aromatic nitrogens is 1. The lowest BCUT2D eigenvalue weighted by atomic mass is 10.0. The van der Waals surface area contributed by atoms with E-state index in [1.165, 1.54) is 4.57 Å². The highest BCUT2D eigenvalue weighted by molar-refractivity contribution is 9.11. The van der Waals surface area contributed by atoms with Gasteiger partial charge in [-0.2, -0.15) is 0 Å². The first-order valence-electron chi connectivity index (χ1n) is 6.20. The first-order chi connectivity index (χ1) is 9.97. The molecular weight excluding hydrogens is 402 g/mol. The number of nitrogens with zero attached hydrogens (tertiary/aromatic N) is 1. The molecule has 0 spiro atoms. The highest BCUT2D eigenvalue weighted by Crippen LogP contribution is 2.32. The summed E-state index contributed by atoms with van der Waals surface area (Å²) >= 11 is 6.83. The Labute approximate surface area is 137 Å². The number of oxazole rings is 1. The van der Waals surface area contributed by atoms with Crippen molar-refractivity contribution in [2.75, 3.05) is 0 Å². The molecule has 0 aliphatic carbocycles. The van der Waals surface area contributed by atoms with Gasteiger partial charge in [0.2, 0.25) is 0 Å². The maximum atomic E-state index is 11.5. The van der Waals surface area contributed by atoms with Crippen LogP contribution in [0.5, 0.6) is 0 Å². The van der Waals surface area contributed by atoms with E-state index in [-0.39, 0.29) is 0 Å². The monoisotopic (exact) mass is 411 g/mol. The Morgan fingerprint density at radius 1 is 1.19 bits per heavy atom. The van der Waals surface area contributed by atoms with Crippen LogP contribution in [0.25, 0.3) is 11.1 Å². The molecular formula is C15H11Br2NO3. The van der Waals surface area contributed by atoms with Crippen molar-refractivity contribution in [3.8, 4) is 0 Å².